The van der Waals surface area contributed by atoms with Gasteiger partial charge in [-0.25, -0.2) is 8.78 Å². The van der Waals surface area contributed by atoms with E-state index >= 15 is 0 Å². The number of halogens is 2. The lowest BCUT2D eigenvalue weighted by atomic mass is 10.2. The highest BCUT2D eigenvalue weighted by Gasteiger charge is 2.23. The lowest BCUT2D eigenvalue weighted by Gasteiger charge is -2.26. The molecule has 0 aliphatic carbocycles. The largest absolute Gasteiger partial charge is 0.326 e. The minimum absolute atomic E-state index is 0.0792. The Bertz CT molecular complexity index is 919. The van der Waals surface area contributed by atoms with E-state index in [-0.39, 0.29) is 24.0 Å². The van der Waals surface area contributed by atoms with Gasteiger partial charge in [-0.2, -0.15) is 0 Å². The summed E-state index contributed by atoms with van der Waals surface area (Å²) in [6.45, 7) is 5.06. The van der Waals surface area contributed by atoms with Gasteiger partial charge in [0.15, 0.2) is 0 Å². The number of benzene rings is 2. The Morgan fingerprint density at radius 2 is 1.57 bits per heavy atom. The Hall–Kier alpha value is -3.33. The summed E-state index contributed by atoms with van der Waals surface area (Å²) in [7, 11) is 0. The zero-order valence-electron chi connectivity index (χ0n) is 17.0. The van der Waals surface area contributed by atoms with E-state index in [1.807, 2.05) is 0 Å². The van der Waals surface area contributed by atoms with Crippen molar-refractivity contribution in [3.8, 4) is 0 Å². The molecule has 0 saturated heterocycles. The van der Waals surface area contributed by atoms with E-state index in [1.54, 1.807) is 43.0 Å². The number of nitrogens with one attached hydrogen (secondary N) is 3. The molecular weight excluding hydrogens is 394 g/mol. The standard InChI is InChI=1S/C21H24F2N4O3/c1-4-27(13(2)21(30)26-19-11-15(22)5-10-18(19)23)12-20(29)25-17-8-6-16(7-9-17)24-14(3)28/h5-11,13H,4,12H2,1-3H3,(H,24,28)(H,25,29)(H,26,30). The van der Waals surface area contributed by atoms with Crippen LogP contribution in [0.25, 0.3) is 0 Å². The highest BCUT2D eigenvalue weighted by atomic mass is 19.1. The highest BCUT2D eigenvalue weighted by Crippen LogP contribution is 2.17. The van der Waals surface area contributed by atoms with Gasteiger partial charge < -0.3 is 16.0 Å². The van der Waals surface area contributed by atoms with Crippen molar-refractivity contribution in [2.45, 2.75) is 26.8 Å². The molecule has 3 N–H and O–H groups in total. The lowest BCUT2D eigenvalue weighted by Crippen LogP contribution is -2.45. The Morgan fingerprint density at radius 3 is 2.13 bits per heavy atom. The molecule has 0 spiro atoms. The van der Waals surface area contributed by atoms with Crippen LogP contribution in [0.5, 0.6) is 0 Å². The van der Waals surface area contributed by atoms with Crippen molar-refractivity contribution in [2.24, 2.45) is 0 Å². The number of carbonyl (C=O) groups excluding carboxylic acids is 3. The molecule has 0 fully saturated rings. The van der Waals surface area contributed by atoms with Crippen LogP contribution in [0.3, 0.4) is 0 Å². The van der Waals surface area contributed by atoms with Crippen LogP contribution in [0.15, 0.2) is 42.5 Å². The van der Waals surface area contributed by atoms with Crippen LogP contribution in [0.1, 0.15) is 20.8 Å². The number of nitrogens with zero attached hydrogens (tertiary/aromatic N) is 1. The van der Waals surface area contributed by atoms with Gasteiger partial charge in [0.1, 0.15) is 11.6 Å². The van der Waals surface area contributed by atoms with Crippen molar-refractivity contribution in [3.05, 3.63) is 54.1 Å². The first-order valence-electron chi connectivity index (χ1n) is 9.37. The first-order valence-corrected chi connectivity index (χ1v) is 9.37. The molecule has 2 aromatic rings. The third kappa shape index (κ3) is 6.63. The molecular formula is C21H24F2N4O3. The molecule has 0 aliphatic heterocycles. The van der Waals surface area contributed by atoms with Crippen LogP contribution in [0.4, 0.5) is 25.8 Å². The summed E-state index contributed by atoms with van der Waals surface area (Å²) in [6, 6.07) is 8.61. The highest BCUT2D eigenvalue weighted by molar-refractivity contribution is 5.96. The maximum absolute atomic E-state index is 13.7. The maximum Gasteiger partial charge on any atom is 0.241 e. The summed E-state index contributed by atoms with van der Waals surface area (Å²) in [5, 5.41) is 7.69. The van der Waals surface area contributed by atoms with Gasteiger partial charge in [0.2, 0.25) is 17.7 Å². The number of amides is 3. The molecule has 0 radical (unpaired) electrons. The van der Waals surface area contributed by atoms with Crippen LogP contribution in [-0.4, -0.2) is 41.8 Å². The van der Waals surface area contributed by atoms with Crippen LogP contribution in [0, 0.1) is 11.6 Å². The first kappa shape index (κ1) is 23.0. The molecule has 7 nitrogen and oxygen atoms in total. The third-order valence-electron chi connectivity index (χ3n) is 4.36. The van der Waals surface area contributed by atoms with Crippen LogP contribution >= 0.6 is 0 Å². The van der Waals surface area contributed by atoms with Gasteiger partial charge >= 0.3 is 0 Å². The van der Waals surface area contributed by atoms with E-state index in [9.17, 15) is 23.2 Å². The van der Waals surface area contributed by atoms with Crippen molar-refractivity contribution in [3.63, 3.8) is 0 Å². The number of anilines is 3. The number of carbonyl (C=O) groups is 3. The normalized spacial score (nSPS) is 11.7. The topological polar surface area (TPSA) is 90.5 Å². The molecule has 3 amide bonds. The van der Waals surface area contributed by atoms with Crippen molar-refractivity contribution >= 4 is 34.8 Å². The summed E-state index contributed by atoms with van der Waals surface area (Å²) in [5.74, 6) is -2.53. The fourth-order valence-electron chi connectivity index (χ4n) is 2.74. The number of likely N-dealkylation sites (N-methyl/N-ethyl adjacent to an activating group) is 1. The van der Waals surface area contributed by atoms with E-state index in [0.717, 1.165) is 18.2 Å². The van der Waals surface area contributed by atoms with Crippen molar-refractivity contribution < 1.29 is 23.2 Å². The SMILES string of the molecule is CCN(CC(=O)Nc1ccc(NC(C)=O)cc1)C(C)C(=O)Nc1cc(F)ccc1F. The van der Waals surface area contributed by atoms with Crippen molar-refractivity contribution in [1.29, 1.82) is 0 Å². The van der Waals surface area contributed by atoms with Gasteiger partial charge in [-0.05, 0) is 49.9 Å². The summed E-state index contributed by atoms with van der Waals surface area (Å²) in [6.07, 6.45) is 0. The number of hydrogen-bond acceptors (Lipinski definition) is 4. The van der Waals surface area contributed by atoms with Gasteiger partial charge in [-0.1, -0.05) is 6.92 Å². The van der Waals surface area contributed by atoms with E-state index in [4.69, 9.17) is 0 Å². The molecule has 2 rings (SSSR count). The van der Waals surface area contributed by atoms with Crippen LogP contribution < -0.4 is 16.0 Å². The molecule has 2 aromatic carbocycles. The van der Waals surface area contributed by atoms with Gasteiger partial charge in [-0.3, -0.25) is 19.3 Å². The van der Waals surface area contributed by atoms with E-state index < -0.39 is 23.6 Å². The predicted octanol–water partition coefficient (Wildman–Crippen LogP) is 3.21. The molecule has 1 unspecified atom stereocenters. The maximum atomic E-state index is 13.7. The Labute approximate surface area is 173 Å². The minimum atomic E-state index is -0.759. The molecule has 0 bridgehead atoms. The summed E-state index contributed by atoms with van der Waals surface area (Å²) < 4.78 is 27.0. The Kier molecular flexibility index (Phi) is 7.99. The van der Waals surface area contributed by atoms with Gasteiger partial charge in [-0.15, -0.1) is 0 Å². The summed E-state index contributed by atoms with van der Waals surface area (Å²) in [5.41, 5.74) is 0.876. The van der Waals surface area contributed by atoms with Gasteiger partial charge in [0.25, 0.3) is 0 Å². The average molecular weight is 418 g/mol. The monoisotopic (exact) mass is 418 g/mol. The molecule has 0 aromatic heterocycles. The van der Waals surface area contributed by atoms with Crippen molar-refractivity contribution in [1.82, 2.24) is 4.90 Å². The van der Waals surface area contributed by atoms with E-state index in [2.05, 4.69) is 16.0 Å². The van der Waals surface area contributed by atoms with E-state index in [1.165, 1.54) is 6.92 Å². The average Bonchev–Trinajstić information content (AvgIpc) is 2.69. The fourth-order valence-corrected chi connectivity index (χ4v) is 2.74. The minimum Gasteiger partial charge on any atom is -0.326 e. The van der Waals surface area contributed by atoms with Crippen LogP contribution in [0.2, 0.25) is 0 Å². The molecule has 160 valence electrons. The van der Waals surface area contributed by atoms with E-state index in [0.29, 0.717) is 17.9 Å². The second kappa shape index (κ2) is 10.4. The quantitative estimate of drug-likeness (QED) is 0.614. The summed E-state index contributed by atoms with van der Waals surface area (Å²) >= 11 is 0. The second-order valence-electron chi connectivity index (χ2n) is 6.66. The predicted molar refractivity (Wildman–Crippen MR) is 111 cm³/mol. The molecule has 0 heterocycles. The lowest BCUT2D eigenvalue weighted by molar-refractivity contribution is -0.123. The zero-order valence-corrected chi connectivity index (χ0v) is 17.0. The van der Waals surface area contributed by atoms with Gasteiger partial charge in [0, 0.05) is 24.4 Å². The molecule has 0 aliphatic rings. The van der Waals surface area contributed by atoms with Gasteiger partial charge in [0.05, 0.1) is 18.3 Å². The second-order valence-corrected chi connectivity index (χ2v) is 6.66. The number of rotatable bonds is 8. The molecule has 1 atom stereocenters. The van der Waals surface area contributed by atoms with Crippen molar-refractivity contribution in [2.75, 3.05) is 29.0 Å². The third-order valence-corrected chi connectivity index (χ3v) is 4.36. The molecule has 0 saturated carbocycles. The molecule has 9 heteroatoms. The molecule has 30 heavy (non-hydrogen) atoms. The van der Waals surface area contributed by atoms with Crippen LogP contribution in [-0.2, 0) is 14.4 Å². The fraction of sp³-hybridized carbons (Fsp3) is 0.286. The zero-order chi connectivity index (χ0) is 22.3. The smallest absolute Gasteiger partial charge is 0.241 e. The first-order chi connectivity index (χ1) is 14.2. The Balaban J connectivity index is 1.95. The Morgan fingerprint density at radius 1 is 0.967 bits per heavy atom. The number of hydrogen-bond donors (Lipinski definition) is 3. The summed E-state index contributed by atoms with van der Waals surface area (Å²) in [4.78, 5) is 37.4.